The van der Waals surface area contributed by atoms with Crippen LogP contribution in [0.15, 0.2) is 40.2 Å². The smallest absolute Gasteiger partial charge is 0.352 e. The topological polar surface area (TPSA) is 110 Å². The standard InChI is InChI=1S/C17H18ClN7O2/c1-10(2)13(21-23-19)15-20-14-12(18)16(27-3)22-25(14)17(26)24(15)9-11-7-5-4-6-8-11/h4-8,10,13H,9H2,1-3H3. The number of benzene rings is 1. The molecule has 2 aromatic heterocycles. The van der Waals surface area contributed by atoms with Crippen molar-refractivity contribution in [2.75, 3.05) is 7.11 Å². The lowest BCUT2D eigenvalue weighted by molar-refractivity contribution is 0.393. The van der Waals surface area contributed by atoms with Gasteiger partial charge in [-0.15, -0.1) is 5.10 Å². The molecule has 0 amide bonds. The number of hydrogen-bond donors (Lipinski definition) is 0. The first-order valence-electron chi connectivity index (χ1n) is 8.29. The van der Waals surface area contributed by atoms with Crippen molar-refractivity contribution in [3.05, 3.63) is 67.7 Å². The number of hydrogen-bond acceptors (Lipinski definition) is 5. The van der Waals surface area contributed by atoms with Gasteiger partial charge in [0.15, 0.2) is 5.65 Å². The van der Waals surface area contributed by atoms with Crippen molar-refractivity contribution in [2.24, 2.45) is 11.0 Å². The molecule has 0 N–H and O–H groups in total. The molecule has 10 heteroatoms. The van der Waals surface area contributed by atoms with E-state index in [9.17, 15) is 4.79 Å². The second kappa shape index (κ2) is 7.69. The first-order chi connectivity index (χ1) is 13.0. The fourth-order valence-corrected chi connectivity index (χ4v) is 3.03. The molecule has 0 aliphatic heterocycles. The molecule has 0 spiro atoms. The monoisotopic (exact) mass is 387 g/mol. The number of azide groups is 1. The Morgan fingerprint density at radius 1 is 1.33 bits per heavy atom. The maximum Gasteiger partial charge on any atom is 0.352 e. The average Bonchev–Trinajstić information content (AvgIpc) is 2.99. The van der Waals surface area contributed by atoms with E-state index in [1.165, 1.54) is 11.7 Å². The van der Waals surface area contributed by atoms with Crippen LogP contribution >= 0.6 is 11.6 Å². The fraction of sp³-hybridized carbons (Fsp3) is 0.353. The van der Waals surface area contributed by atoms with Crippen LogP contribution < -0.4 is 10.4 Å². The number of aromatic nitrogens is 4. The van der Waals surface area contributed by atoms with Crippen molar-refractivity contribution in [1.29, 1.82) is 0 Å². The largest absolute Gasteiger partial charge is 0.479 e. The number of rotatable bonds is 6. The Balaban J connectivity index is 2.32. The number of fused-ring (bicyclic) bond motifs is 1. The second-order valence-corrected chi connectivity index (χ2v) is 6.65. The Hall–Kier alpha value is -3.03. The van der Waals surface area contributed by atoms with Gasteiger partial charge in [-0.25, -0.2) is 9.78 Å². The molecule has 140 valence electrons. The summed E-state index contributed by atoms with van der Waals surface area (Å²) in [7, 11) is 1.41. The minimum absolute atomic E-state index is 0.0825. The molecular weight excluding hydrogens is 370 g/mol. The van der Waals surface area contributed by atoms with Gasteiger partial charge in [-0.1, -0.05) is 60.9 Å². The highest BCUT2D eigenvalue weighted by atomic mass is 35.5. The van der Waals surface area contributed by atoms with Gasteiger partial charge in [0.05, 0.1) is 19.7 Å². The van der Waals surface area contributed by atoms with E-state index in [4.69, 9.17) is 21.9 Å². The van der Waals surface area contributed by atoms with E-state index in [1.54, 1.807) is 0 Å². The van der Waals surface area contributed by atoms with Crippen LogP contribution in [0.5, 0.6) is 5.88 Å². The van der Waals surface area contributed by atoms with Crippen molar-refractivity contribution in [3.63, 3.8) is 0 Å². The third-order valence-corrected chi connectivity index (χ3v) is 4.46. The third kappa shape index (κ3) is 3.47. The highest BCUT2D eigenvalue weighted by Gasteiger charge is 2.25. The molecule has 3 aromatic rings. The Morgan fingerprint density at radius 2 is 2.04 bits per heavy atom. The number of halogens is 1. The van der Waals surface area contributed by atoms with Crippen molar-refractivity contribution < 1.29 is 4.74 Å². The molecule has 0 aliphatic carbocycles. The van der Waals surface area contributed by atoms with Crippen LogP contribution in [0.25, 0.3) is 16.1 Å². The van der Waals surface area contributed by atoms with E-state index in [0.29, 0.717) is 5.82 Å². The van der Waals surface area contributed by atoms with E-state index < -0.39 is 11.7 Å². The molecular formula is C17H18ClN7O2. The summed E-state index contributed by atoms with van der Waals surface area (Å²) in [5, 5.41) is 8.07. The van der Waals surface area contributed by atoms with Crippen LogP contribution in [0.2, 0.25) is 5.02 Å². The molecule has 2 heterocycles. The van der Waals surface area contributed by atoms with Crippen LogP contribution in [0.3, 0.4) is 0 Å². The van der Waals surface area contributed by atoms with Crippen LogP contribution in [0.1, 0.15) is 31.3 Å². The quantitative estimate of drug-likeness (QED) is 0.365. The zero-order chi connectivity index (χ0) is 19.6. The fourth-order valence-electron chi connectivity index (χ4n) is 2.79. The molecule has 3 rings (SSSR count). The summed E-state index contributed by atoms with van der Waals surface area (Å²) >= 11 is 6.25. The van der Waals surface area contributed by atoms with Crippen molar-refractivity contribution in [2.45, 2.75) is 26.4 Å². The summed E-state index contributed by atoms with van der Waals surface area (Å²) in [6, 6.07) is 8.81. The van der Waals surface area contributed by atoms with E-state index in [1.807, 2.05) is 44.2 Å². The average molecular weight is 388 g/mol. The Bertz CT molecular complexity index is 1070. The molecule has 27 heavy (non-hydrogen) atoms. The Morgan fingerprint density at radius 3 is 2.63 bits per heavy atom. The van der Waals surface area contributed by atoms with Gasteiger partial charge in [-0.2, -0.15) is 4.52 Å². The van der Waals surface area contributed by atoms with Gasteiger partial charge < -0.3 is 4.74 Å². The first kappa shape index (κ1) is 18.8. The van der Waals surface area contributed by atoms with Gasteiger partial charge in [0.1, 0.15) is 10.8 Å². The molecule has 0 fully saturated rings. The minimum Gasteiger partial charge on any atom is -0.479 e. The van der Waals surface area contributed by atoms with E-state index in [0.717, 1.165) is 10.1 Å². The molecule has 1 atom stereocenters. The van der Waals surface area contributed by atoms with Gasteiger partial charge in [-0.05, 0) is 17.0 Å². The summed E-state index contributed by atoms with van der Waals surface area (Å²) in [5.41, 5.74) is 9.61. The van der Waals surface area contributed by atoms with Gasteiger partial charge in [-0.3, -0.25) is 4.57 Å². The van der Waals surface area contributed by atoms with Crippen LogP contribution in [0, 0.1) is 5.92 Å². The van der Waals surface area contributed by atoms with Gasteiger partial charge in [0, 0.05) is 4.91 Å². The van der Waals surface area contributed by atoms with Gasteiger partial charge in [0.25, 0.3) is 5.88 Å². The van der Waals surface area contributed by atoms with Gasteiger partial charge >= 0.3 is 5.69 Å². The third-order valence-electron chi connectivity index (χ3n) is 4.13. The van der Waals surface area contributed by atoms with E-state index in [-0.39, 0.29) is 29.0 Å². The predicted octanol–water partition coefficient (Wildman–Crippen LogP) is 3.61. The maximum absolute atomic E-state index is 13.1. The predicted molar refractivity (Wildman–Crippen MR) is 101 cm³/mol. The van der Waals surface area contributed by atoms with E-state index >= 15 is 0 Å². The molecule has 1 unspecified atom stereocenters. The first-order valence-corrected chi connectivity index (χ1v) is 8.66. The highest BCUT2D eigenvalue weighted by Crippen LogP contribution is 2.29. The summed E-state index contributed by atoms with van der Waals surface area (Å²) in [6.45, 7) is 4.03. The molecule has 0 saturated heterocycles. The Kier molecular flexibility index (Phi) is 5.34. The zero-order valence-electron chi connectivity index (χ0n) is 15.1. The highest BCUT2D eigenvalue weighted by molar-refractivity contribution is 6.34. The van der Waals surface area contributed by atoms with Crippen molar-refractivity contribution >= 4 is 17.2 Å². The summed E-state index contributed by atoms with van der Waals surface area (Å²) < 4.78 is 7.65. The maximum atomic E-state index is 13.1. The minimum atomic E-state index is -0.645. The van der Waals surface area contributed by atoms with Crippen LogP contribution in [-0.2, 0) is 6.54 Å². The lowest BCUT2D eigenvalue weighted by Gasteiger charge is -2.20. The second-order valence-electron chi connectivity index (χ2n) is 6.28. The number of methoxy groups -OCH3 is 1. The van der Waals surface area contributed by atoms with Crippen molar-refractivity contribution in [1.82, 2.24) is 19.2 Å². The lowest BCUT2D eigenvalue weighted by atomic mass is 10.0. The summed E-state index contributed by atoms with van der Waals surface area (Å²) in [4.78, 5) is 20.6. The zero-order valence-corrected chi connectivity index (χ0v) is 15.8. The molecule has 0 saturated carbocycles. The van der Waals surface area contributed by atoms with Gasteiger partial charge in [0.2, 0.25) is 0 Å². The molecule has 0 bridgehead atoms. The van der Waals surface area contributed by atoms with E-state index in [2.05, 4.69) is 20.1 Å². The van der Waals surface area contributed by atoms with Crippen molar-refractivity contribution in [3.8, 4) is 5.88 Å². The SMILES string of the molecule is COc1nn2c(=O)n(Cc3ccccc3)c(C(N=[N+]=[N-])C(C)C)nc2c1Cl. The molecule has 0 radical (unpaired) electrons. The molecule has 0 aliphatic rings. The van der Waals surface area contributed by atoms with Crippen LogP contribution in [0.4, 0.5) is 0 Å². The summed E-state index contributed by atoms with van der Waals surface area (Å²) in [5.74, 6) is 0.351. The van der Waals surface area contributed by atoms with Crippen LogP contribution in [-0.4, -0.2) is 26.3 Å². The number of nitrogens with zero attached hydrogens (tertiary/aromatic N) is 7. The normalized spacial score (nSPS) is 12.2. The molecule has 1 aromatic carbocycles. The number of ether oxygens (including phenoxy) is 1. The molecule has 9 nitrogen and oxygen atoms in total. The Labute approximate surface area is 159 Å². The summed E-state index contributed by atoms with van der Waals surface area (Å²) in [6.07, 6.45) is 0. The lowest BCUT2D eigenvalue weighted by Crippen LogP contribution is -2.33.